The Morgan fingerprint density at radius 1 is 1.09 bits per heavy atom. The van der Waals surface area contributed by atoms with Crippen LogP contribution in [0, 0.1) is 13.8 Å². The van der Waals surface area contributed by atoms with E-state index in [9.17, 15) is 19.5 Å². The maximum absolute atomic E-state index is 12.7. The van der Waals surface area contributed by atoms with Crippen LogP contribution >= 0.6 is 11.6 Å². The van der Waals surface area contributed by atoms with Gasteiger partial charge in [-0.3, -0.25) is 4.79 Å². The Hall–Kier alpha value is -3.58. The SMILES string of the molecule is CC[C@H](NC(=O)Cc1c(C)c2cc3c(-c4ccc(Cl)cc4)coc3c(C)c2oc1=O)C(=O)[O-]. The van der Waals surface area contributed by atoms with Crippen LogP contribution in [0.5, 0.6) is 0 Å². The minimum absolute atomic E-state index is 0.170. The highest BCUT2D eigenvalue weighted by Crippen LogP contribution is 2.37. The summed E-state index contributed by atoms with van der Waals surface area (Å²) in [6, 6.07) is 8.12. The number of carboxylic acid groups (broad SMARTS) is 1. The van der Waals surface area contributed by atoms with E-state index in [1.807, 2.05) is 18.2 Å². The van der Waals surface area contributed by atoms with Crippen LogP contribution in [-0.2, 0) is 16.0 Å². The summed E-state index contributed by atoms with van der Waals surface area (Å²) in [7, 11) is 0. The fourth-order valence-electron chi connectivity index (χ4n) is 3.99. The largest absolute Gasteiger partial charge is 0.548 e. The van der Waals surface area contributed by atoms with Crippen LogP contribution < -0.4 is 16.0 Å². The van der Waals surface area contributed by atoms with Gasteiger partial charge < -0.3 is 24.1 Å². The lowest BCUT2D eigenvalue weighted by Gasteiger charge is -2.18. The van der Waals surface area contributed by atoms with Crippen molar-refractivity contribution in [1.82, 2.24) is 5.32 Å². The fourth-order valence-corrected chi connectivity index (χ4v) is 4.11. The van der Waals surface area contributed by atoms with Gasteiger partial charge in [-0.15, -0.1) is 0 Å². The standard InChI is InChI=1S/C25H22ClNO6/c1-4-20(24(29)30)27-21(28)10-17-12(2)16-9-18-19(14-5-7-15(26)8-6-14)11-32-22(18)13(3)23(16)33-25(17)31/h5-9,11,20H,4,10H2,1-3H3,(H,27,28)(H,29,30)/p-1/t20-/m0/s1. The second-order valence-electron chi connectivity index (χ2n) is 7.93. The molecule has 2 aromatic carbocycles. The van der Waals surface area contributed by atoms with E-state index in [1.165, 1.54) is 0 Å². The molecule has 33 heavy (non-hydrogen) atoms. The molecule has 0 spiro atoms. The Bertz CT molecular complexity index is 1450. The number of hydrogen-bond donors (Lipinski definition) is 1. The second-order valence-corrected chi connectivity index (χ2v) is 8.36. The van der Waals surface area contributed by atoms with Gasteiger partial charge in [0.2, 0.25) is 5.91 Å². The van der Waals surface area contributed by atoms with E-state index in [2.05, 4.69) is 5.32 Å². The predicted molar refractivity (Wildman–Crippen MR) is 123 cm³/mol. The molecule has 0 fully saturated rings. The number of rotatable bonds is 6. The predicted octanol–water partition coefficient (Wildman–Crippen LogP) is 3.66. The van der Waals surface area contributed by atoms with Crippen molar-refractivity contribution in [3.05, 3.63) is 68.7 Å². The Morgan fingerprint density at radius 2 is 1.79 bits per heavy atom. The van der Waals surface area contributed by atoms with E-state index < -0.39 is 23.5 Å². The summed E-state index contributed by atoms with van der Waals surface area (Å²) in [5.74, 6) is -1.97. The van der Waals surface area contributed by atoms with E-state index in [4.69, 9.17) is 20.4 Å². The number of amides is 1. The van der Waals surface area contributed by atoms with Gasteiger partial charge in [-0.05, 0) is 49.6 Å². The molecule has 170 valence electrons. The smallest absolute Gasteiger partial charge is 0.340 e. The van der Waals surface area contributed by atoms with Gasteiger partial charge in [-0.25, -0.2) is 4.79 Å². The topological polar surface area (TPSA) is 113 Å². The molecule has 1 N–H and O–H groups in total. The number of nitrogens with one attached hydrogen (secondary N) is 1. The molecule has 4 rings (SSSR count). The molecular formula is C25H21ClNO6-. The zero-order valence-electron chi connectivity index (χ0n) is 18.3. The van der Waals surface area contributed by atoms with Gasteiger partial charge in [0.05, 0.1) is 30.3 Å². The second kappa shape index (κ2) is 8.75. The highest BCUT2D eigenvalue weighted by atomic mass is 35.5. The van der Waals surface area contributed by atoms with Crippen molar-refractivity contribution in [2.75, 3.05) is 0 Å². The molecule has 2 aromatic heterocycles. The number of fused-ring (bicyclic) bond motifs is 2. The molecule has 0 saturated carbocycles. The van der Waals surface area contributed by atoms with E-state index in [1.54, 1.807) is 39.2 Å². The Kier molecular flexibility index (Phi) is 5.99. The number of carbonyl (C=O) groups is 2. The third kappa shape index (κ3) is 4.12. The van der Waals surface area contributed by atoms with Crippen molar-refractivity contribution >= 4 is 45.4 Å². The van der Waals surface area contributed by atoms with Crippen molar-refractivity contribution in [2.24, 2.45) is 0 Å². The van der Waals surface area contributed by atoms with E-state index in [-0.39, 0.29) is 18.4 Å². The maximum atomic E-state index is 12.7. The monoisotopic (exact) mass is 466 g/mol. The summed E-state index contributed by atoms with van der Waals surface area (Å²) in [6.45, 7) is 5.17. The number of halogens is 1. The average Bonchev–Trinajstić information content (AvgIpc) is 3.20. The molecule has 0 unspecified atom stereocenters. The number of hydrogen-bond acceptors (Lipinski definition) is 6. The first-order chi connectivity index (χ1) is 15.7. The number of aliphatic carboxylic acids is 1. The van der Waals surface area contributed by atoms with E-state index in [0.717, 1.165) is 16.5 Å². The van der Waals surface area contributed by atoms with E-state index in [0.29, 0.717) is 32.7 Å². The van der Waals surface area contributed by atoms with Gasteiger partial charge in [0, 0.05) is 26.9 Å². The van der Waals surface area contributed by atoms with Crippen molar-refractivity contribution in [1.29, 1.82) is 0 Å². The number of carbonyl (C=O) groups excluding carboxylic acids is 2. The molecule has 0 aliphatic heterocycles. The maximum Gasteiger partial charge on any atom is 0.340 e. The fraction of sp³-hybridized carbons (Fsp3) is 0.240. The lowest BCUT2D eigenvalue weighted by Crippen LogP contribution is -2.48. The number of benzene rings is 2. The first-order valence-corrected chi connectivity index (χ1v) is 10.8. The Balaban J connectivity index is 1.83. The summed E-state index contributed by atoms with van der Waals surface area (Å²) in [6.07, 6.45) is 1.51. The lowest BCUT2D eigenvalue weighted by molar-refractivity contribution is -0.308. The molecule has 1 amide bonds. The molecule has 0 bridgehead atoms. The van der Waals surface area contributed by atoms with Crippen LogP contribution in [0.25, 0.3) is 33.1 Å². The number of aryl methyl sites for hydroxylation is 2. The molecular weight excluding hydrogens is 446 g/mol. The van der Waals surface area contributed by atoms with E-state index >= 15 is 0 Å². The van der Waals surface area contributed by atoms with Crippen LogP contribution in [0.15, 0.2) is 50.2 Å². The molecule has 0 aliphatic carbocycles. The minimum Gasteiger partial charge on any atom is -0.548 e. The average molecular weight is 467 g/mol. The third-order valence-corrected chi connectivity index (χ3v) is 6.11. The van der Waals surface area contributed by atoms with Crippen molar-refractivity contribution in [3.8, 4) is 11.1 Å². The lowest BCUT2D eigenvalue weighted by atomic mass is 9.97. The van der Waals surface area contributed by atoms with Crippen LogP contribution in [0.1, 0.15) is 30.0 Å². The molecule has 4 aromatic rings. The van der Waals surface area contributed by atoms with Crippen LogP contribution in [0.4, 0.5) is 0 Å². The summed E-state index contributed by atoms with van der Waals surface area (Å²) in [4.78, 5) is 36.2. The zero-order valence-corrected chi connectivity index (χ0v) is 19.0. The van der Waals surface area contributed by atoms with Crippen LogP contribution in [0.3, 0.4) is 0 Å². The van der Waals surface area contributed by atoms with Gasteiger partial charge >= 0.3 is 5.63 Å². The summed E-state index contributed by atoms with van der Waals surface area (Å²) in [5, 5.41) is 15.6. The first-order valence-electron chi connectivity index (χ1n) is 10.4. The first kappa shape index (κ1) is 22.6. The molecule has 0 radical (unpaired) electrons. The van der Waals surface area contributed by atoms with Crippen LogP contribution in [0.2, 0.25) is 5.02 Å². The van der Waals surface area contributed by atoms with Crippen molar-refractivity contribution < 1.29 is 23.5 Å². The molecule has 0 aliphatic rings. The minimum atomic E-state index is -1.37. The molecule has 0 saturated heterocycles. The third-order valence-electron chi connectivity index (χ3n) is 5.86. The zero-order chi connectivity index (χ0) is 23.9. The number of furan rings is 1. The van der Waals surface area contributed by atoms with Gasteiger partial charge in [0.15, 0.2) is 0 Å². The highest BCUT2D eigenvalue weighted by molar-refractivity contribution is 6.30. The summed E-state index contributed by atoms with van der Waals surface area (Å²) >= 11 is 6.01. The molecule has 8 heteroatoms. The quantitative estimate of drug-likeness (QED) is 0.434. The van der Waals surface area contributed by atoms with Gasteiger partial charge in [0.1, 0.15) is 11.2 Å². The Labute approximate surface area is 194 Å². The molecule has 7 nitrogen and oxygen atoms in total. The number of carboxylic acids is 1. The van der Waals surface area contributed by atoms with Gasteiger partial charge in [-0.2, -0.15) is 0 Å². The van der Waals surface area contributed by atoms with Crippen molar-refractivity contribution in [3.63, 3.8) is 0 Å². The van der Waals surface area contributed by atoms with Crippen LogP contribution in [-0.4, -0.2) is 17.9 Å². The molecule has 2 heterocycles. The normalized spacial score (nSPS) is 12.2. The van der Waals surface area contributed by atoms with Gasteiger partial charge in [-0.1, -0.05) is 30.7 Å². The summed E-state index contributed by atoms with van der Waals surface area (Å²) in [5.41, 5.74) is 3.53. The molecule has 1 atom stereocenters. The Morgan fingerprint density at radius 3 is 2.42 bits per heavy atom. The summed E-state index contributed by atoms with van der Waals surface area (Å²) < 4.78 is 11.4. The highest BCUT2D eigenvalue weighted by Gasteiger charge is 2.21. The van der Waals surface area contributed by atoms with Crippen molar-refractivity contribution in [2.45, 2.75) is 39.7 Å². The van der Waals surface area contributed by atoms with Gasteiger partial charge in [0.25, 0.3) is 0 Å².